The van der Waals surface area contributed by atoms with E-state index in [0.29, 0.717) is 6.42 Å². The van der Waals surface area contributed by atoms with Gasteiger partial charge in [-0.15, -0.1) is 5.92 Å². The maximum absolute atomic E-state index is 8.45. The lowest BCUT2D eigenvalue weighted by atomic mass is 9.88. The molecule has 0 unspecified atom stereocenters. The van der Waals surface area contributed by atoms with Crippen molar-refractivity contribution >= 4 is 0 Å². The molecule has 0 fully saturated rings. The molecule has 0 aliphatic carbocycles. The van der Waals surface area contributed by atoms with Crippen LogP contribution >= 0.6 is 0 Å². The van der Waals surface area contributed by atoms with Crippen LogP contribution in [0.4, 0.5) is 0 Å². The zero-order chi connectivity index (χ0) is 10.2. The number of rotatable bonds is 5. The minimum absolute atomic E-state index is 0.200. The maximum atomic E-state index is 8.45. The molecule has 0 aromatic carbocycles. The molecule has 0 atom stereocenters. The molecule has 0 aromatic rings. The lowest BCUT2D eigenvalue weighted by Gasteiger charge is -2.23. The van der Waals surface area contributed by atoms with E-state index in [4.69, 9.17) is 5.26 Å². The van der Waals surface area contributed by atoms with Crippen molar-refractivity contribution in [3.8, 4) is 17.9 Å². The second-order valence-electron chi connectivity index (χ2n) is 3.85. The van der Waals surface area contributed by atoms with E-state index in [0.717, 1.165) is 19.5 Å². The van der Waals surface area contributed by atoms with Gasteiger partial charge in [0.1, 0.15) is 0 Å². The number of hydrogen-bond donors (Lipinski definition) is 1. The van der Waals surface area contributed by atoms with Gasteiger partial charge in [-0.3, -0.25) is 0 Å². The van der Waals surface area contributed by atoms with Crippen LogP contribution in [-0.4, -0.2) is 13.1 Å². The number of nitriles is 1. The molecule has 0 aliphatic rings. The molecule has 0 rings (SSSR count). The van der Waals surface area contributed by atoms with Crippen LogP contribution in [-0.2, 0) is 0 Å². The highest BCUT2D eigenvalue weighted by Crippen LogP contribution is 2.20. The van der Waals surface area contributed by atoms with Crippen LogP contribution in [0.15, 0.2) is 0 Å². The third-order valence-electron chi connectivity index (χ3n) is 1.91. The molecular formula is C11H18N2. The normalized spacial score (nSPS) is 10.0. The predicted molar refractivity (Wildman–Crippen MR) is 54.9 cm³/mol. The second kappa shape index (κ2) is 6.52. The van der Waals surface area contributed by atoms with E-state index in [1.54, 1.807) is 0 Å². The largest absolute Gasteiger partial charge is 0.306 e. The summed E-state index contributed by atoms with van der Waals surface area (Å²) in [6.45, 7) is 7.83. The van der Waals surface area contributed by atoms with Gasteiger partial charge in [0.2, 0.25) is 0 Å². The molecule has 72 valence electrons. The fourth-order valence-electron chi connectivity index (χ4n) is 1.03. The van der Waals surface area contributed by atoms with Crippen LogP contribution in [0.3, 0.4) is 0 Å². The third kappa shape index (κ3) is 7.37. The molecule has 13 heavy (non-hydrogen) atoms. The van der Waals surface area contributed by atoms with Crippen molar-refractivity contribution in [2.75, 3.05) is 13.1 Å². The minimum atomic E-state index is 0.200. The summed E-state index contributed by atoms with van der Waals surface area (Å²) >= 11 is 0. The minimum Gasteiger partial charge on any atom is -0.306 e. The van der Waals surface area contributed by atoms with Crippen molar-refractivity contribution in [3.63, 3.8) is 0 Å². The van der Waals surface area contributed by atoms with Crippen LogP contribution in [0.5, 0.6) is 0 Å². The molecule has 0 saturated carbocycles. The first-order chi connectivity index (χ1) is 6.12. The fourth-order valence-corrected chi connectivity index (χ4v) is 1.03. The Bertz CT molecular complexity index is 225. The SMILES string of the molecule is CC#CCNCC(C)(C)CCC#N. The lowest BCUT2D eigenvalue weighted by Crippen LogP contribution is -2.29. The predicted octanol–water partition coefficient (Wildman–Crippen LogP) is 1.93. The van der Waals surface area contributed by atoms with Crippen LogP contribution in [0.1, 0.15) is 33.6 Å². The summed E-state index contributed by atoms with van der Waals surface area (Å²) in [6.07, 6.45) is 1.57. The lowest BCUT2D eigenvalue weighted by molar-refractivity contribution is 0.324. The van der Waals surface area contributed by atoms with E-state index < -0.39 is 0 Å². The Kier molecular flexibility index (Phi) is 6.02. The highest BCUT2D eigenvalue weighted by Gasteiger charge is 2.15. The Balaban J connectivity index is 3.61. The Hall–Kier alpha value is -0.990. The monoisotopic (exact) mass is 178 g/mol. The fraction of sp³-hybridized carbons (Fsp3) is 0.727. The standard InChI is InChI=1S/C11H18N2/c1-4-5-9-13-10-11(2,3)7-6-8-12/h13H,6-7,9-10H2,1-3H3. The smallest absolute Gasteiger partial charge is 0.0621 e. The number of hydrogen-bond acceptors (Lipinski definition) is 2. The average molecular weight is 178 g/mol. The first-order valence-electron chi connectivity index (χ1n) is 4.59. The van der Waals surface area contributed by atoms with Crippen molar-refractivity contribution in [2.45, 2.75) is 33.6 Å². The van der Waals surface area contributed by atoms with E-state index >= 15 is 0 Å². The molecule has 0 aromatic heterocycles. The second-order valence-corrected chi connectivity index (χ2v) is 3.85. The van der Waals surface area contributed by atoms with Gasteiger partial charge < -0.3 is 5.32 Å². The van der Waals surface area contributed by atoms with Gasteiger partial charge in [0.05, 0.1) is 12.6 Å². The molecule has 1 N–H and O–H groups in total. The molecule has 0 saturated heterocycles. The van der Waals surface area contributed by atoms with Gasteiger partial charge >= 0.3 is 0 Å². The van der Waals surface area contributed by atoms with Crippen molar-refractivity contribution in [2.24, 2.45) is 5.41 Å². The summed E-state index contributed by atoms with van der Waals surface area (Å²) in [5, 5.41) is 11.7. The topological polar surface area (TPSA) is 35.8 Å². The van der Waals surface area contributed by atoms with Gasteiger partial charge in [0, 0.05) is 13.0 Å². The van der Waals surface area contributed by atoms with E-state index in [1.165, 1.54) is 0 Å². The van der Waals surface area contributed by atoms with Gasteiger partial charge in [-0.05, 0) is 18.8 Å². The molecule has 0 radical (unpaired) electrons. The highest BCUT2D eigenvalue weighted by atomic mass is 14.9. The Labute approximate surface area is 81.3 Å². The van der Waals surface area contributed by atoms with E-state index in [9.17, 15) is 0 Å². The molecule has 2 nitrogen and oxygen atoms in total. The first-order valence-corrected chi connectivity index (χ1v) is 4.59. The van der Waals surface area contributed by atoms with Gasteiger partial charge in [-0.25, -0.2) is 0 Å². The summed E-state index contributed by atoms with van der Waals surface area (Å²) in [5.41, 5.74) is 0.200. The Morgan fingerprint density at radius 3 is 2.62 bits per heavy atom. The molecule has 0 spiro atoms. The summed E-state index contributed by atoms with van der Waals surface area (Å²) in [7, 11) is 0. The molecule has 0 heterocycles. The van der Waals surface area contributed by atoms with Crippen LogP contribution in [0.25, 0.3) is 0 Å². The van der Waals surface area contributed by atoms with E-state index in [2.05, 4.69) is 37.1 Å². The summed E-state index contributed by atoms with van der Waals surface area (Å²) in [4.78, 5) is 0. The zero-order valence-electron chi connectivity index (χ0n) is 8.78. The van der Waals surface area contributed by atoms with Gasteiger partial charge in [0.25, 0.3) is 0 Å². The van der Waals surface area contributed by atoms with E-state index in [1.807, 2.05) is 6.92 Å². The van der Waals surface area contributed by atoms with Crippen LogP contribution < -0.4 is 5.32 Å². The number of nitrogens with one attached hydrogen (secondary N) is 1. The Morgan fingerprint density at radius 2 is 2.08 bits per heavy atom. The quantitative estimate of drug-likeness (QED) is 0.516. The summed E-state index contributed by atoms with van der Waals surface area (Å²) < 4.78 is 0. The van der Waals surface area contributed by atoms with Gasteiger partial charge in [-0.1, -0.05) is 19.8 Å². The Morgan fingerprint density at radius 1 is 1.38 bits per heavy atom. The zero-order valence-corrected chi connectivity index (χ0v) is 8.78. The van der Waals surface area contributed by atoms with Crippen molar-refractivity contribution in [3.05, 3.63) is 0 Å². The molecule has 0 aliphatic heterocycles. The highest BCUT2D eigenvalue weighted by molar-refractivity contribution is 4.97. The van der Waals surface area contributed by atoms with Crippen LogP contribution in [0, 0.1) is 28.6 Å². The van der Waals surface area contributed by atoms with Crippen molar-refractivity contribution < 1.29 is 0 Å². The van der Waals surface area contributed by atoms with E-state index in [-0.39, 0.29) is 5.41 Å². The van der Waals surface area contributed by atoms with Crippen molar-refractivity contribution in [1.29, 1.82) is 5.26 Å². The molecular weight excluding hydrogens is 160 g/mol. The molecule has 0 amide bonds. The molecule has 0 bridgehead atoms. The average Bonchev–Trinajstić information content (AvgIpc) is 2.09. The van der Waals surface area contributed by atoms with Crippen molar-refractivity contribution in [1.82, 2.24) is 5.32 Å². The third-order valence-corrected chi connectivity index (χ3v) is 1.91. The first kappa shape index (κ1) is 12.0. The van der Waals surface area contributed by atoms with Gasteiger partial charge in [-0.2, -0.15) is 5.26 Å². The maximum Gasteiger partial charge on any atom is 0.0621 e. The number of nitrogens with zero attached hydrogens (tertiary/aromatic N) is 1. The summed E-state index contributed by atoms with van der Waals surface area (Å²) in [6, 6.07) is 2.17. The molecule has 2 heteroatoms. The van der Waals surface area contributed by atoms with Crippen LogP contribution in [0.2, 0.25) is 0 Å². The van der Waals surface area contributed by atoms with Gasteiger partial charge in [0.15, 0.2) is 0 Å². The summed E-state index contributed by atoms with van der Waals surface area (Å²) in [5.74, 6) is 5.78.